The van der Waals surface area contributed by atoms with Gasteiger partial charge in [-0.15, -0.1) is 0 Å². The maximum atomic E-state index is 13.0. The molecule has 1 fully saturated rings. The second-order valence-electron chi connectivity index (χ2n) is 7.45. The Morgan fingerprint density at radius 3 is 2.79 bits per heavy atom. The number of nitrogens with zero attached hydrogens (tertiary/aromatic N) is 5. The van der Waals surface area contributed by atoms with Gasteiger partial charge >= 0.3 is 0 Å². The molecule has 4 heterocycles. The van der Waals surface area contributed by atoms with Crippen LogP contribution in [0.15, 0.2) is 24.4 Å². The van der Waals surface area contributed by atoms with E-state index in [1.807, 2.05) is 42.1 Å². The number of anilines is 1. The molecule has 146 valence electrons. The quantitative estimate of drug-likeness (QED) is 0.855. The van der Waals surface area contributed by atoms with E-state index in [-0.39, 0.29) is 17.7 Å². The molecule has 1 unspecified atom stereocenters. The lowest BCUT2D eigenvalue weighted by molar-refractivity contribution is -0.138. The van der Waals surface area contributed by atoms with Crippen molar-refractivity contribution in [1.29, 1.82) is 0 Å². The van der Waals surface area contributed by atoms with Crippen molar-refractivity contribution in [3.63, 3.8) is 0 Å². The number of fused-ring (bicyclic) bond motifs is 1. The summed E-state index contributed by atoms with van der Waals surface area (Å²) in [7, 11) is 3.93. The van der Waals surface area contributed by atoms with Gasteiger partial charge in [-0.2, -0.15) is 0 Å². The van der Waals surface area contributed by atoms with Crippen molar-refractivity contribution < 1.29 is 9.59 Å². The van der Waals surface area contributed by atoms with E-state index in [9.17, 15) is 9.59 Å². The highest BCUT2D eigenvalue weighted by Gasteiger charge is 2.32. The van der Waals surface area contributed by atoms with Crippen LogP contribution in [0.4, 0.5) is 5.82 Å². The van der Waals surface area contributed by atoms with E-state index in [4.69, 9.17) is 9.97 Å². The molecule has 8 nitrogen and oxygen atoms in total. The maximum absolute atomic E-state index is 13.0. The molecule has 28 heavy (non-hydrogen) atoms. The molecular formula is C20H24N6O2. The highest BCUT2D eigenvalue weighted by atomic mass is 16.2. The first kappa shape index (κ1) is 18.3. The Bertz CT molecular complexity index is 889. The van der Waals surface area contributed by atoms with Crippen molar-refractivity contribution in [1.82, 2.24) is 25.2 Å². The van der Waals surface area contributed by atoms with E-state index in [2.05, 4.69) is 10.3 Å². The number of hydrogen-bond acceptors (Lipinski definition) is 6. The molecule has 0 bridgehead atoms. The van der Waals surface area contributed by atoms with Crippen LogP contribution in [-0.2, 0) is 22.6 Å². The van der Waals surface area contributed by atoms with Crippen molar-refractivity contribution in [2.24, 2.45) is 5.92 Å². The average molecular weight is 380 g/mol. The van der Waals surface area contributed by atoms with Gasteiger partial charge in [-0.05, 0) is 25.0 Å². The Kier molecular flexibility index (Phi) is 4.93. The molecule has 2 aromatic rings. The van der Waals surface area contributed by atoms with Crippen LogP contribution in [0.2, 0.25) is 0 Å². The highest BCUT2D eigenvalue weighted by molar-refractivity contribution is 5.84. The molecule has 8 heteroatoms. The van der Waals surface area contributed by atoms with Crippen LogP contribution in [0, 0.1) is 5.92 Å². The number of aromatic nitrogens is 3. The van der Waals surface area contributed by atoms with Crippen LogP contribution in [0.1, 0.15) is 24.1 Å². The third-order valence-corrected chi connectivity index (χ3v) is 5.29. The smallest absolute Gasteiger partial charge is 0.227 e. The zero-order valence-corrected chi connectivity index (χ0v) is 16.2. The molecule has 0 saturated carbocycles. The lowest BCUT2D eigenvalue weighted by atomic mass is 9.96. The number of nitrogens with one attached hydrogen (secondary N) is 1. The zero-order chi connectivity index (χ0) is 19.7. The molecule has 2 aliphatic heterocycles. The summed E-state index contributed by atoms with van der Waals surface area (Å²) in [5.74, 6) is 1.42. The van der Waals surface area contributed by atoms with E-state index in [1.165, 1.54) is 0 Å². The molecule has 2 amide bonds. The van der Waals surface area contributed by atoms with Crippen LogP contribution in [0.5, 0.6) is 0 Å². The predicted octanol–water partition coefficient (Wildman–Crippen LogP) is 1.02. The maximum Gasteiger partial charge on any atom is 0.227 e. The van der Waals surface area contributed by atoms with Gasteiger partial charge in [0.15, 0.2) is 5.82 Å². The second-order valence-corrected chi connectivity index (χ2v) is 7.45. The predicted molar refractivity (Wildman–Crippen MR) is 104 cm³/mol. The van der Waals surface area contributed by atoms with Crippen molar-refractivity contribution >= 4 is 17.6 Å². The lowest BCUT2D eigenvalue weighted by Crippen LogP contribution is -2.46. The summed E-state index contributed by atoms with van der Waals surface area (Å²) in [6, 6.07) is 5.66. The molecule has 4 rings (SSSR count). The molecule has 1 N–H and O–H groups in total. The first-order chi connectivity index (χ1) is 13.5. The minimum atomic E-state index is -0.148. The molecule has 0 aromatic carbocycles. The van der Waals surface area contributed by atoms with E-state index in [0.29, 0.717) is 44.0 Å². The monoisotopic (exact) mass is 380 g/mol. The number of carbonyl (C=O) groups excluding carboxylic acids is 2. The van der Waals surface area contributed by atoms with E-state index in [0.717, 1.165) is 23.5 Å². The summed E-state index contributed by atoms with van der Waals surface area (Å²) >= 11 is 0. The van der Waals surface area contributed by atoms with Crippen LogP contribution in [0.3, 0.4) is 0 Å². The number of piperidine rings is 1. The van der Waals surface area contributed by atoms with E-state index >= 15 is 0 Å². The number of rotatable bonds is 3. The summed E-state index contributed by atoms with van der Waals surface area (Å²) in [5.41, 5.74) is 2.68. The van der Waals surface area contributed by atoms with Gasteiger partial charge in [-0.25, -0.2) is 9.97 Å². The molecule has 0 spiro atoms. The van der Waals surface area contributed by atoms with E-state index in [1.54, 1.807) is 6.20 Å². The zero-order valence-electron chi connectivity index (χ0n) is 16.2. The number of carbonyl (C=O) groups is 2. The fourth-order valence-corrected chi connectivity index (χ4v) is 3.78. The van der Waals surface area contributed by atoms with Crippen molar-refractivity contribution in [3.8, 4) is 11.5 Å². The van der Waals surface area contributed by atoms with Crippen LogP contribution in [-0.4, -0.2) is 58.9 Å². The van der Waals surface area contributed by atoms with Gasteiger partial charge in [0.25, 0.3) is 0 Å². The van der Waals surface area contributed by atoms with Gasteiger partial charge in [0, 0.05) is 45.4 Å². The van der Waals surface area contributed by atoms with Crippen LogP contribution in [0.25, 0.3) is 11.5 Å². The summed E-state index contributed by atoms with van der Waals surface area (Å²) in [6.07, 6.45) is 3.47. The van der Waals surface area contributed by atoms with Gasteiger partial charge in [0.1, 0.15) is 11.5 Å². The summed E-state index contributed by atoms with van der Waals surface area (Å²) < 4.78 is 0. The standard InChI is InChI=1S/C20H24N6O2/c1-25(2)19-14-8-10-26(20(28)13-6-7-17(27)22-11-13)12-16(14)23-18(24-19)15-5-3-4-9-21-15/h3-5,9,13H,6-8,10-12H2,1-2H3,(H,22,27). The third kappa shape index (κ3) is 3.54. The minimum Gasteiger partial charge on any atom is -0.362 e. The molecular weight excluding hydrogens is 356 g/mol. The van der Waals surface area contributed by atoms with Crippen molar-refractivity contribution in [2.45, 2.75) is 25.8 Å². The van der Waals surface area contributed by atoms with Gasteiger partial charge in [-0.1, -0.05) is 6.07 Å². The Labute approximate surface area is 164 Å². The largest absolute Gasteiger partial charge is 0.362 e. The summed E-state index contributed by atoms with van der Waals surface area (Å²) in [4.78, 5) is 42.0. The highest BCUT2D eigenvalue weighted by Crippen LogP contribution is 2.29. The van der Waals surface area contributed by atoms with E-state index < -0.39 is 0 Å². The molecule has 1 saturated heterocycles. The molecule has 2 aliphatic rings. The fourth-order valence-electron chi connectivity index (χ4n) is 3.78. The first-order valence-corrected chi connectivity index (χ1v) is 9.57. The lowest BCUT2D eigenvalue weighted by Gasteiger charge is -2.34. The van der Waals surface area contributed by atoms with Crippen molar-refractivity contribution in [2.75, 3.05) is 32.1 Å². The number of amides is 2. The Morgan fingerprint density at radius 2 is 2.11 bits per heavy atom. The second kappa shape index (κ2) is 7.53. The van der Waals surface area contributed by atoms with Crippen molar-refractivity contribution in [3.05, 3.63) is 35.7 Å². The fraction of sp³-hybridized carbons (Fsp3) is 0.450. The van der Waals surface area contributed by atoms with Gasteiger partial charge < -0.3 is 15.1 Å². The van der Waals surface area contributed by atoms with Gasteiger partial charge in [0.2, 0.25) is 11.8 Å². The molecule has 0 radical (unpaired) electrons. The Hall–Kier alpha value is -3.03. The Morgan fingerprint density at radius 1 is 1.25 bits per heavy atom. The topological polar surface area (TPSA) is 91.3 Å². The SMILES string of the molecule is CN(C)c1nc(-c2ccccn2)nc2c1CCN(C(=O)C1CCC(=O)NC1)C2. The summed E-state index contributed by atoms with van der Waals surface area (Å²) in [6.45, 7) is 1.53. The Balaban J connectivity index is 1.62. The molecule has 2 aromatic heterocycles. The third-order valence-electron chi connectivity index (χ3n) is 5.29. The average Bonchev–Trinajstić information content (AvgIpc) is 2.73. The number of hydrogen-bond donors (Lipinski definition) is 1. The molecule has 1 atom stereocenters. The van der Waals surface area contributed by atoms with Crippen LogP contribution < -0.4 is 10.2 Å². The molecule has 0 aliphatic carbocycles. The minimum absolute atomic E-state index is 0.0245. The van der Waals surface area contributed by atoms with Gasteiger partial charge in [-0.3, -0.25) is 14.6 Å². The summed E-state index contributed by atoms with van der Waals surface area (Å²) in [5, 5.41) is 2.80. The number of pyridine rings is 1. The first-order valence-electron chi connectivity index (χ1n) is 9.57. The van der Waals surface area contributed by atoms with Crippen LogP contribution >= 0.6 is 0 Å². The normalized spacial score (nSPS) is 19.0. The van der Waals surface area contributed by atoms with Gasteiger partial charge in [0.05, 0.1) is 18.2 Å².